The fraction of sp³-hybridized carbons (Fsp3) is 0.474. The van der Waals surface area contributed by atoms with E-state index in [1.165, 1.54) is 0 Å². The van der Waals surface area contributed by atoms with Crippen molar-refractivity contribution in [1.29, 1.82) is 0 Å². The monoisotopic (exact) mass is 425 g/mol. The second-order valence-electron chi connectivity index (χ2n) is 7.96. The van der Waals surface area contributed by atoms with Crippen LogP contribution >= 0.6 is 11.6 Å². The lowest BCUT2D eigenvalue weighted by atomic mass is 9.92. The topological polar surface area (TPSA) is 90.3 Å². The molecule has 0 aliphatic carbocycles. The van der Waals surface area contributed by atoms with Crippen molar-refractivity contribution in [2.45, 2.75) is 38.6 Å². The molecular formula is C19H24ClN3O4S. The van der Waals surface area contributed by atoms with Gasteiger partial charge in [-0.1, -0.05) is 32.4 Å². The molecule has 7 nitrogen and oxygen atoms in total. The summed E-state index contributed by atoms with van der Waals surface area (Å²) in [6.45, 7) is 5.86. The maximum atomic E-state index is 12.4. The molecular weight excluding hydrogens is 402 g/mol. The first kappa shape index (κ1) is 20.7. The van der Waals surface area contributed by atoms with Gasteiger partial charge in [0.15, 0.2) is 16.4 Å². The van der Waals surface area contributed by atoms with Gasteiger partial charge in [0.05, 0.1) is 23.2 Å². The minimum absolute atomic E-state index is 0.0302. The van der Waals surface area contributed by atoms with Crippen molar-refractivity contribution in [2.24, 2.45) is 0 Å². The maximum Gasteiger partial charge on any atom is 0.263 e. The summed E-state index contributed by atoms with van der Waals surface area (Å²) in [5.41, 5.74) is 0.549. The Bertz CT molecular complexity index is 962. The van der Waals surface area contributed by atoms with E-state index in [0.29, 0.717) is 23.0 Å². The van der Waals surface area contributed by atoms with Crippen LogP contribution in [-0.4, -0.2) is 42.2 Å². The average Bonchev–Trinajstić information content (AvgIpc) is 3.17. The van der Waals surface area contributed by atoms with Crippen LogP contribution in [0.4, 0.5) is 5.82 Å². The summed E-state index contributed by atoms with van der Waals surface area (Å²) < 4.78 is 30.9. The van der Waals surface area contributed by atoms with E-state index < -0.39 is 9.84 Å². The Kier molecular flexibility index (Phi) is 5.72. The zero-order chi connectivity index (χ0) is 20.5. The summed E-state index contributed by atoms with van der Waals surface area (Å²) in [6, 6.07) is 8.24. The maximum absolute atomic E-state index is 12.4. The Balaban J connectivity index is 1.75. The molecule has 1 aliphatic rings. The average molecular weight is 426 g/mol. The first-order valence-corrected chi connectivity index (χ1v) is 11.2. The number of carbonyl (C=O) groups excluding carboxylic acids is 1. The Morgan fingerprint density at radius 1 is 1.32 bits per heavy atom. The molecule has 1 saturated heterocycles. The van der Waals surface area contributed by atoms with Crippen LogP contribution in [0.1, 0.15) is 38.9 Å². The van der Waals surface area contributed by atoms with Gasteiger partial charge in [-0.25, -0.2) is 13.1 Å². The molecule has 1 aliphatic heterocycles. The normalized spacial score (nSPS) is 18.8. The third kappa shape index (κ3) is 5.05. The molecule has 1 aromatic carbocycles. The van der Waals surface area contributed by atoms with Crippen LogP contribution in [0.5, 0.6) is 5.75 Å². The second-order valence-corrected chi connectivity index (χ2v) is 10.6. The van der Waals surface area contributed by atoms with E-state index in [1.54, 1.807) is 35.0 Å². The number of sulfone groups is 1. The zero-order valence-electron chi connectivity index (χ0n) is 16.1. The summed E-state index contributed by atoms with van der Waals surface area (Å²) >= 11 is 5.83. The van der Waals surface area contributed by atoms with E-state index in [1.807, 2.05) is 20.8 Å². The summed E-state index contributed by atoms with van der Waals surface area (Å²) in [5.74, 6) is 0.831. The van der Waals surface area contributed by atoms with Crippen molar-refractivity contribution >= 4 is 33.2 Å². The first-order valence-electron chi connectivity index (χ1n) is 9.02. The molecule has 0 saturated carbocycles. The molecule has 28 heavy (non-hydrogen) atoms. The largest absolute Gasteiger partial charge is 0.484 e. The number of hydrogen-bond acceptors (Lipinski definition) is 5. The molecule has 2 aromatic rings. The third-order valence-corrected chi connectivity index (χ3v) is 6.51. The highest BCUT2D eigenvalue weighted by Gasteiger charge is 2.32. The lowest BCUT2D eigenvalue weighted by Gasteiger charge is -2.15. The van der Waals surface area contributed by atoms with Crippen molar-refractivity contribution in [3.63, 3.8) is 0 Å². The summed E-state index contributed by atoms with van der Waals surface area (Å²) in [5, 5.41) is 7.98. The van der Waals surface area contributed by atoms with Crippen LogP contribution < -0.4 is 10.1 Å². The number of carbonyl (C=O) groups is 1. The highest BCUT2D eigenvalue weighted by molar-refractivity contribution is 7.91. The molecule has 0 bridgehead atoms. The van der Waals surface area contributed by atoms with Gasteiger partial charge in [0, 0.05) is 16.5 Å². The van der Waals surface area contributed by atoms with Gasteiger partial charge in [0.2, 0.25) is 0 Å². The first-order chi connectivity index (χ1) is 13.0. The molecule has 1 atom stereocenters. The SMILES string of the molecule is CC(C)(C)c1cc(NC(=O)COc2ccc(Cl)cc2)n([C@@H]2CCS(=O)(=O)C2)n1. The van der Waals surface area contributed by atoms with Crippen molar-refractivity contribution < 1.29 is 17.9 Å². The van der Waals surface area contributed by atoms with E-state index in [-0.39, 0.29) is 35.5 Å². The van der Waals surface area contributed by atoms with Crippen molar-refractivity contribution in [1.82, 2.24) is 9.78 Å². The van der Waals surface area contributed by atoms with Gasteiger partial charge in [-0.15, -0.1) is 0 Å². The number of hydrogen-bond donors (Lipinski definition) is 1. The van der Waals surface area contributed by atoms with Crippen LogP contribution in [0.25, 0.3) is 0 Å². The highest BCUT2D eigenvalue weighted by Crippen LogP contribution is 2.30. The number of rotatable bonds is 5. The molecule has 1 amide bonds. The summed E-state index contributed by atoms with van der Waals surface area (Å²) in [7, 11) is -3.07. The number of benzene rings is 1. The van der Waals surface area contributed by atoms with E-state index in [4.69, 9.17) is 16.3 Å². The van der Waals surface area contributed by atoms with Crippen molar-refractivity contribution in [2.75, 3.05) is 23.4 Å². The number of nitrogens with one attached hydrogen (secondary N) is 1. The molecule has 1 aromatic heterocycles. The third-order valence-electron chi connectivity index (χ3n) is 4.51. The predicted molar refractivity (Wildman–Crippen MR) is 109 cm³/mol. The summed E-state index contributed by atoms with van der Waals surface area (Å²) in [6.07, 6.45) is 0.484. The van der Waals surface area contributed by atoms with Crippen LogP contribution in [0.2, 0.25) is 5.02 Å². The molecule has 3 rings (SSSR count). The molecule has 0 unspecified atom stereocenters. The number of aromatic nitrogens is 2. The van der Waals surface area contributed by atoms with Crippen molar-refractivity contribution in [3.05, 3.63) is 41.0 Å². The standard InChI is InChI=1S/C19H24ClN3O4S/c1-19(2,3)16-10-17(23(22-16)14-8-9-28(25,26)12-14)21-18(24)11-27-15-6-4-13(20)5-7-15/h4-7,10,14H,8-9,11-12H2,1-3H3,(H,21,24)/t14-/m1/s1. The van der Waals surface area contributed by atoms with Crippen LogP contribution in [0, 0.1) is 0 Å². The van der Waals surface area contributed by atoms with Gasteiger partial charge in [0.25, 0.3) is 5.91 Å². The minimum atomic E-state index is -3.07. The smallest absolute Gasteiger partial charge is 0.263 e. The van der Waals surface area contributed by atoms with Gasteiger partial charge in [-0.05, 0) is 30.7 Å². The number of ether oxygens (including phenoxy) is 1. The predicted octanol–water partition coefficient (Wildman–Crippen LogP) is 3.21. The van der Waals surface area contributed by atoms with Crippen molar-refractivity contribution in [3.8, 4) is 5.75 Å². The van der Waals surface area contributed by atoms with Gasteiger partial charge < -0.3 is 10.1 Å². The van der Waals surface area contributed by atoms with Gasteiger partial charge >= 0.3 is 0 Å². The molecule has 0 spiro atoms. The van der Waals surface area contributed by atoms with E-state index in [9.17, 15) is 13.2 Å². The Morgan fingerprint density at radius 2 is 2.00 bits per heavy atom. The zero-order valence-corrected chi connectivity index (χ0v) is 17.7. The van der Waals surface area contributed by atoms with E-state index in [2.05, 4.69) is 10.4 Å². The number of amides is 1. The molecule has 9 heteroatoms. The molecule has 1 fully saturated rings. The number of anilines is 1. The molecule has 2 heterocycles. The Labute approximate surface area is 169 Å². The van der Waals surface area contributed by atoms with Crippen LogP contribution in [-0.2, 0) is 20.0 Å². The minimum Gasteiger partial charge on any atom is -0.484 e. The lowest BCUT2D eigenvalue weighted by molar-refractivity contribution is -0.118. The molecule has 1 N–H and O–H groups in total. The molecule has 152 valence electrons. The fourth-order valence-corrected chi connectivity index (χ4v) is 4.78. The second kappa shape index (κ2) is 7.75. The fourth-order valence-electron chi connectivity index (χ4n) is 2.96. The van der Waals surface area contributed by atoms with Gasteiger partial charge in [-0.2, -0.15) is 5.10 Å². The quantitative estimate of drug-likeness (QED) is 0.794. The van der Waals surface area contributed by atoms with E-state index in [0.717, 1.165) is 5.69 Å². The van der Waals surface area contributed by atoms with E-state index >= 15 is 0 Å². The van der Waals surface area contributed by atoms with Crippen LogP contribution in [0.15, 0.2) is 30.3 Å². The number of nitrogens with zero attached hydrogens (tertiary/aromatic N) is 2. The Morgan fingerprint density at radius 3 is 2.57 bits per heavy atom. The lowest BCUT2D eigenvalue weighted by Crippen LogP contribution is -2.24. The van der Waals surface area contributed by atoms with Gasteiger partial charge in [-0.3, -0.25) is 4.79 Å². The highest BCUT2D eigenvalue weighted by atomic mass is 35.5. The summed E-state index contributed by atoms with van der Waals surface area (Å²) in [4.78, 5) is 12.4. The number of halogens is 1. The molecule has 0 radical (unpaired) electrons. The Hall–Kier alpha value is -2.06. The van der Waals surface area contributed by atoms with Gasteiger partial charge in [0.1, 0.15) is 11.6 Å². The van der Waals surface area contributed by atoms with Crippen LogP contribution in [0.3, 0.4) is 0 Å².